The van der Waals surface area contributed by atoms with Gasteiger partial charge in [-0.15, -0.1) is 0 Å². The fraction of sp³-hybridized carbons (Fsp3) is 0.385. The minimum Gasteiger partial charge on any atom is -0.494 e. The van der Waals surface area contributed by atoms with Crippen molar-refractivity contribution in [2.24, 2.45) is 5.41 Å². The molecule has 1 unspecified atom stereocenters. The number of hydrogen-bond donors (Lipinski definition) is 2. The molecule has 0 aliphatic rings. The molecule has 0 radical (unpaired) electrons. The quantitative estimate of drug-likeness (QED) is 0.788. The molecule has 1 aromatic carbocycles. The number of aliphatic carboxylic acids is 1. The summed E-state index contributed by atoms with van der Waals surface area (Å²) in [6.07, 6.45) is -0.108. The Bertz CT molecular complexity index is 503. The van der Waals surface area contributed by atoms with E-state index in [-0.39, 0.29) is 12.2 Å². The molecule has 1 aromatic rings. The van der Waals surface area contributed by atoms with Gasteiger partial charge in [0, 0.05) is 7.05 Å². The van der Waals surface area contributed by atoms with E-state index >= 15 is 0 Å². The summed E-state index contributed by atoms with van der Waals surface area (Å²) in [7, 11) is 2.70. The van der Waals surface area contributed by atoms with Crippen molar-refractivity contribution in [3.63, 3.8) is 0 Å². The highest BCUT2D eigenvalue weighted by Gasteiger charge is 2.40. The van der Waals surface area contributed by atoms with Gasteiger partial charge >= 0.3 is 5.97 Å². The van der Waals surface area contributed by atoms with Gasteiger partial charge in [0.2, 0.25) is 5.91 Å². The molecule has 0 saturated heterocycles. The first kappa shape index (κ1) is 14.9. The minimum absolute atomic E-state index is 0.0701. The third-order valence-electron chi connectivity index (χ3n) is 2.97. The van der Waals surface area contributed by atoms with Crippen molar-refractivity contribution in [2.45, 2.75) is 13.3 Å². The largest absolute Gasteiger partial charge is 0.494 e. The first-order valence-electron chi connectivity index (χ1n) is 5.63. The molecule has 1 amide bonds. The molecular weight excluding hydrogens is 253 g/mol. The third kappa shape index (κ3) is 3.01. The Hall–Kier alpha value is -2.11. The maximum absolute atomic E-state index is 13.5. The minimum atomic E-state index is -1.64. The Labute approximate surface area is 110 Å². The average molecular weight is 269 g/mol. The molecule has 6 heteroatoms. The molecule has 2 N–H and O–H groups in total. The van der Waals surface area contributed by atoms with Crippen LogP contribution in [0.2, 0.25) is 0 Å². The van der Waals surface area contributed by atoms with Gasteiger partial charge in [0.1, 0.15) is 5.41 Å². The first-order chi connectivity index (χ1) is 8.85. The summed E-state index contributed by atoms with van der Waals surface area (Å²) in [6.45, 7) is 1.30. The Balaban J connectivity index is 3.07. The maximum atomic E-state index is 13.5. The number of methoxy groups -OCH3 is 1. The van der Waals surface area contributed by atoms with E-state index in [1.165, 1.54) is 39.3 Å². The molecule has 0 fully saturated rings. The lowest BCUT2D eigenvalue weighted by Crippen LogP contribution is -2.44. The van der Waals surface area contributed by atoms with E-state index in [4.69, 9.17) is 4.74 Å². The SMILES string of the molecule is CNC(=O)C(C)(Cc1ccc(OC)c(F)c1)C(=O)O. The molecule has 104 valence electrons. The van der Waals surface area contributed by atoms with Gasteiger partial charge in [-0.05, 0) is 31.0 Å². The van der Waals surface area contributed by atoms with E-state index < -0.39 is 23.1 Å². The third-order valence-corrected chi connectivity index (χ3v) is 2.97. The summed E-state index contributed by atoms with van der Waals surface area (Å²) in [5.74, 6) is -2.41. The number of benzene rings is 1. The van der Waals surface area contributed by atoms with Crippen LogP contribution in [0.25, 0.3) is 0 Å². The second-order valence-electron chi connectivity index (χ2n) is 4.36. The van der Waals surface area contributed by atoms with E-state index in [0.717, 1.165) is 0 Å². The fourth-order valence-electron chi connectivity index (χ4n) is 1.76. The van der Waals surface area contributed by atoms with Crippen LogP contribution in [0.1, 0.15) is 12.5 Å². The van der Waals surface area contributed by atoms with E-state index in [1.54, 1.807) is 0 Å². The summed E-state index contributed by atoms with van der Waals surface area (Å²) in [4.78, 5) is 22.9. The monoisotopic (exact) mass is 269 g/mol. The molecule has 19 heavy (non-hydrogen) atoms. The predicted molar refractivity (Wildman–Crippen MR) is 66.5 cm³/mol. The zero-order valence-electron chi connectivity index (χ0n) is 11.0. The number of carbonyl (C=O) groups excluding carboxylic acids is 1. The van der Waals surface area contributed by atoms with Crippen molar-refractivity contribution in [3.8, 4) is 5.75 Å². The molecule has 1 atom stereocenters. The Morgan fingerprint density at radius 2 is 2.11 bits per heavy atom. The zero-order chi connectivity index (χ0) is 14.6. The summed E-state index contributed by atoms with van der Waals surface area (Å²) >= 11 is 0. The predicted octanol–water partition coefficient (Wildman–Crippen LogP) is 1.21. The van der Waals surface area contributed by atoms with Crippen LogP contribution < -0.4 is 10.1 Å². The van der Waals surface area contributed by atoms with Gasteiger partial charge in [-0.1, -0.05) is 6.07 Å². The number of halogens is 1. The van der Waals surface area contributed by atoms with E-state index in [0.29, 0.717) is 5.56 Å². The highest BCUT2D eigenvalue weighted by molar-refractivity contribution is 6.01. The van der Waals surface area contributed by atoms with Gasteiger partial charge in [-0.2, -0.15) is 0 Å². The van der Waals surface area contributed by atoms with Crippen LogP contribution in [0.3, 0.4) is 0 Å². The van der Waals surface area contributed by atoms with Gasteiger partial charge in [-0.25, -0.2) is 4.39 Å². The summed E-state index contributed by atoms with van der Waals surface area (Å²) in [5.41, 5.74) is -1.23. The van der Waals surface area contributed by atoms with Crippen LogP contribution in [0.5, 0.6) is 5.75 Å². The average Bonchev–Trinajstić information content (AvgIpc) is 2.37. The molecule has 5 nitrogen and oxygen atoms in total. The van der Waals surface area contributed by atoms with Crippen molar-refractivity contribution in [1.82, 2.24) is 5.32 Å². The molecule has 0 bridgehead atoms. The highest BCUT2D eigenvalue weighted by atomic mass is 19.1. The van der Waals surface area contributed by atoms with Crippen LogP contribution in [-0.2, 0) is 16.0 Å². The van der Waals surface area contributed by atoms with Crippen molar-refractivity contribution in [3.05, 3.63) is 29.6 Å². The maximum Gasteiger partial charge on any atom is 0.319 e. The Kier molecular flexibility index (Phi) is 4.47. The molecule has 0 spiro atoms. The van der Waals surface area contributed by atoms with Crippen molar-refractivity contribution >= 4 is 11.9 Å². The Morgan fingerprint density at radius 1 is 1.47 bits per heavy atom. The number of rotatable bonds is 5. The number of carbonyl (C=O) groups is 2. The number of amides is 1. The summed E-state index contributed by atoms with van der Waals surface area (Å²) in [5, 5.41) is 11.5. The van der Waals surface area contributed by atoms with E-state index in [9.17, 15) is 19.1 Å². The van der Waals surface area contributed by atoms with Gasteiger partial charge < -0.3 is 15.2 Å². The van der Waals surface area contributed by atoms with Crippen LogP contribution in [0.4, 0.5) is 4.39 Å². The number of hydrogen-bond acceptors (Lipinski definition) is 3. The molecular formula is C13H16FNO4. The van der Waals surface area contributed by atoms with Crippen LogP contribution >= 0.6 is 0 Å². The Morgan fingerprint density at radius 3 is 2.53 bits per heavy atom. The number of carboxylic acids is 1. The number of ether oxygens (including phenoxy) is 1. The standard InChI is InChI=1S/C13H16FNO4/c1-13(12(17)18,11(16)15-2)7-8-4-5-10(19-3)9(14)6-8/h4-6H,7H2,1-3H3,(H,15,16)(H,17,18). The normalized spacial score (nSPS) is 13.5. The number of nitrogens with one attached hydrogen (secondary N) is 1. The summed E-state index contributed by atoms with van der Waals surface area (Å²) < 4.78 is 18.3. The van der Waals surface area contributed by atoms with E-state index in [2.05, 4.69) is 5.32 Å². The van der Waals surface area contributed by atoms with Crippen LogP contribution in [0, 0.1) is 11.2 Å². The smallest absolute Gasteiger partial charge is 0.319 e. The first-order valence-corrected chi connectivity index (χ1v) is 5.63. The van der Waals surface area contributed by atoms with E-state index in [1.807, 2.05) is 0 Å². The van der Waals surface area contributed by atoms with Crippen molar-refractivity contribution in [2.75, 3.05) is 14.2 Å². The van der Waals surface area contributed by atoms with Crippen LogP contribution in [0.15, 0.2) is 18.2 Å². The molecule has 0 aliphatic carbocycles. The molecule has 1 rings (SSSR count). The second kappa shape index (κ2) is 5.69. The fourth-order valence-corrected chi connectivity index (χ4v) is 1.76. The van der Waals surface area contributed by atoms with Gasteiger partial charge in [0.05, 0.1) is 7.11 Å². The highest BCUT2D eigenvalue weighted by Crippen LogP contribution is 2.26. The van der Waals surface area contributed by atoms with Crippen molar-refractivity contribution in [1.29, 1.82) is 0 Å². The van der Waals surface area contributed by atoms with Crippen molar-refractivity contribution < 1.29 is 23.8 Å². The number of carboxylic acid groups (broad SMARTS) is 1. The lowest BCUT2D eigenvalue weighted by Gasteiger charge is -2.23. The van der Waals surface area contributed by atoms with Gasteiger partial charge in [0.25, 0.3) is 0 Å². The van der Waals surface area contributed by atoms with Gasteiger partial charge in [-0.3, -0.25) is 9.59 Å². The second-order valence-corrected chi connectivity index (χ2v) is 4.36. The topological polar surface area (TPSA) is 75.6 Å². The van der Waals surface area contributed by atoms with Crippen LogP contribution in [-0.4, -0.2) is 31.1 Å². The lowest BCUT2D eigenvalue weighted by molar-refractivity contribution is -0.154. The molecule has 0 saturated carbocycles. The molecule has 0 heterocycles. The summed E-state index contributed by atoms with van der Waals surface area (Å²) in [6, 6.07) is 4.10. The zero-order valence-corrected chi connectivity index (χ0v) is 11.0. The molecule has 0 aromatic heterocycles. The van der Waals surface area contributed by atoms with Gasteiger partial charge in [0.15, 0.2) is 11.6 Å². The lowest BCUT2D eigenvalue weighted by atomic mass is 9.82. The molecule has 0 aliphatic heterocycles.